The van der Waals surface area contributed by atoms with E-state index in [0.29, 0.717) is 0 Å². The Labute approximate surface area is 160 Å². The van der Waals surface area contributed by atoms with Crippen LogP contribution in [0.15, 0.2) is 12.0 Å². The van der Waals surface area contributed by atoms with Gasteiger partial charge in [-0.1, -0.05) is 0 Å². The van der Waals surface area contributed by atoms with Crippen LogP contribution >= 0.6 is 7.82 Å². The second-order valence-corrected chi connectivity index (χ2v) is 9.18. The number of ether oxygens (including phenoxy) is 2. The van der Waals surface area contributed by atoms with E-state index >= 15 is 0 Å². The molecule has 3 aliphatic rings. The summed E-state index contributed by atoms with van der Waals surface area (Å²) < 4.78 is 52.0. The predicted octanol–water partition coefficient (Wildman–Crippen LogP) is 1.80. The molecule has 28 heavy (non-hydrogen) atoms. The van der Waals surface area contributed by atoms with Gasteiger partial charge < -0.3 is 9.47 Å². The number of ketones is 1. The Balaban J connectivity index is 1.57. The van der Waals surface area contributed by atoms with Crippen molar-refractivity contribution in [1.82, 2.24) is 4.90 Å². The van der Waals surface area contributed by atoms with Gasteiger partial charge >= 0.3 is 13.8 Å². The SMILES string of the molecule is CC(C)(C)C(=O)OCOP1(=O)OC[C@H]2O[C@@H](N3C=C(F)C(=O)CC3=O)C[C@@H]2O1. The van der Waals surface area contributed by atoms with Gasteiger partial charge in [0.15, 0.2) is 5.83 Å². The van der Waals surface area contributed by atoms with Gasteiger partial charge in [-0.3, -0.25) is 28.3 Å². The van der Waals surface area contributed by atoms with Gasteiger partial charge in [0, 0.05) is 12.6 Å². The summed E-state index contributed by atoms with van der Waals surface area (Å²) in [6.45, 7) is 4.18. The van der Waals surface area contributed by atoms with E-state index in [0.717, 1.165) is 11.1 Å². The Morgan fingerprint density at radius 1 is 1.36 bits per heavy atom. The molecular formula is C16H21FNO9P. The third-order valence-electron chi connectivity index (χ3n) is 4.28. The first-order valence-corrected chi connectivity index (χ1v) is 10.1. The number of phosphoric acid groups is 1. The van der Waals surface area contributed by atoms with Gasteiger partial charge in [0.05, 0.1) is 18.4 Å². The van der Waals surface area contributed by atoms with E-state index in [1.54, 1.807) is 20.8 Å². The highest BCUT2D eigenvalue weighted by Crippen LogP contribution is 2.56. The highest BCUT2D eigenvalue weighted by atomic mass is 31.2. The van der Waals surface area contributed by atoms with E-state index in [1.807, 2.05) is 0 Å². The molecule has 2 saturated heterocycles. The maximum Gasteiger partial charge on any atom is 0.478 e. The van der Waals surface area contributed by atoms with E-state index in [-0.39, 0.29) is 13.0 Å². The van der Waals surface area contributed by atoms with Crippen LogP contribution < -0.4 is 0 Å². The fourth-order valence-electron chi connectivity index (χ4n) is 2.74. The number of allylic oxidation sites excluding steroid dienone is 1. The molecule has 0 N–H and O–H groups in total. The number of Topliss-reactive ketones (excluding diaryl/α,β-unsaturated/α-hetero) is 1. The van der Waals surface area contributed by atoms with Crippen LogP contribution in [0.5, 0.6) is 0 Å². The van der Waals surface area contributed by atoms with Crippen molar-refractivity contribution in [3.8, 4) is 0 Å². The van der Waals surface area contributed by atoms with Crippen LogP contribution in [0.4, 0.5) is 4.39 Å². The zero-order valence-corrected chi connectivity index (χ0v) is 16.5. The Morgan fingerprint density at radius 2 is 2.07 bits per heavy atom. The minimum Gasteiger partial charge on any atom is -0.437 e. The average Bonchev–Trinajstić information content (AvgIpc) is 2.99. The molecule has 1 amide bonds. The van der Waals surface area contributed by atoms with Crippen LogP contribution in [-0.2, 0) is 42.0 Å². The van der Waals surface area contributed by atoms with Crippen molar-refractivity contribution in [3.05, 3.63) is 12.0 Å². The van der Waals surface area contributed by atoms with Crippen LogP contribution in [0, 0.1) is 5.41 Å². The molecule has 0 aromatic heterocycles. The largest absolute Gasteiger partial charge is 0.478 e. The van der Waals surface area contributed by atoms with Gasteiger partial charge in [0.2, 0.25) is 18.5 Å². The number of hydrogen-bond donors (Lipinski definition) is 0. The number of carbonyl (C=O) groups is 3. The molecule has 3 aliphatic heterocycles. The van der Waals surface area contributed by atoms with Crippen molar-refractivity contribution < 1.29 is 46.4 Å². The van der Waals surface area contributed by atoms with E-state index in [2.05, 4.69) is 0 Å². The Morgan fingerprint density at radius 3 is 2.75 bits per heavy atom. The van der Waals surface area contributed by atoms with E-state index < -0.39 is 68.4 Å². The fourth-order valence-corrected chi connectivity index (χ4v) is 4.01. The summed E-state index contributed by atoms with van der Waals surface area (Å²) in [5.41, 5.74) is -0.755. The third kappa shape index (κ3) is 4.49. The number of carbonyl (C=O) groups excluding carboxylic acids is 3. The highest BCUT2D eigenvalue weighted by molar-refractivity contribution is 7.48. The molecule has 0 spiro atoms. The smallest absolute Gasteiger partial charge is 0.437 e. The van der Waals surface area contributed by atoms with E-state index in [1.165, 1.54) is 0 Å². The number of phosphoric ester groups is 1. The van der Waals surface area contributed by atoms with Crippen molar-refractivity contribution in [2.75, 3.05) is 13.4 Å². The van der Waals surface area contributed by atoms with Crippen molar-refractivity contribution in [2.45, 2.75) is 52.0 Å². The lowest BCUT2D eigenvalue weighted by molar-refractivity contribution is -0.162. The number of esters is 1. The molecule has 1 unspecified atom stereocenters. The molecule has 2 fully saturated rings. The Hall–Kier alpha value is -1.65. The Bertz CT molecular complexity index is 762. The topological polar surface area (TPSA) is 118 Å². The minimum absolute atomic E-state index is 0.0763. The lowest BCUT2D eigenvalue weighted by atomic mass is 9.98. The van der Waals surface area contributed by atoms with E-state index in [9.17, 15) is 23.3 Å². The van der Waals surface area contributed by atoms with E-state index in [4.69, 9.17) is 23.0 Å². The maximum atomic E-state index is 13.5. The van der Waals surface area contributed by atoms with Crippen LogP contribution in [0.3, 0.4) is 0 Å². The first-order valence-electron chi connectivity index (χ1n) is 8.60. The van der Waals surface area contributed by atoms with Crippen LogP contribution in [-0.4, -0.2) is 54.4 Å². The fraction of sp³-hybridized carbons (Fsp3) is 0.688. The second kappa shape index (κ2) is 7.64. The summed E-state index contributed by atoms with van der Waals surface area (Å²) in [7, 11) is -4.00. The normalized spacial score (nSPS) is 33.5. The molecule has 10 nitrogen and oxygen atoms in total. The summed E-state index contributed by atoms with van der Waals surface area (Å²) in [4.78, 5) is 35.9. The Kier molecular flexibility index (Phi) is 5.75. The summed E-state index contributed by atoms with van der Waals surface area (Å²) in [6.07, 6.45) is -2.02. The molecule has 0 aromatic carbocycles. The van der Waals surface area contributed by atoms with Crippen molar-refractivity contribution in [3.63, 3.8) is 0 Å². The molecule has 0 saturated carbocycles. The summed E-state index contributed by atoms with van der Waals surface area (Å²) in [5.74, 6) is -3.08. The number of rotatable bonds is 4. The highest BCUT2D eigenvalue weighted by Gasteiger charge is 2.50. The summed E-state index contributed by atoms with van der Waals surface area (Å²) in [5, 5.41) is 0. The van der Waals surface area contributed by atoms with Gasteiger partial charge in [-0.25, -0.2) is 13.5 Å². The van der Waals surface area contributed by atoms with Gasteiger partial charge in [0.25, 0.3) is 0 Å². The van der Waals surface area contributed by atoms with Crippen molar-refractivity contribution in [1.29, 1.82) is 0 Å². The van der Waals surface area contributed by atoms with Gasteiger partial charge in [-0.05, 0) is 20.8 Å². The lowest BCUT2D eigenvalue weighted by Crippen LogP contribution is -2.40. The molecule has 12 heteroatoms. The first-order chi connectivity index (χ1) is 13.0. The number of fused-ring (bicyclic) bond motifs is 1. The molecule has 0 aliphatic carbocycles. The third-order valence-corrected chi connectivity index (χ3v) is 5.70. The molecule has 0 bridgehead atoms. The van der Waals surface area contributed by atoms with Crippen molar-refractivity contribution >= 4 is 25.5 Å². The first kappa shape index (κ1) is 21.1. The minimum atomic E-state index is -4.00. The zero-order chi connectivity index (χ0) is 20.7. The maximum absolute atomic E-state index is 13.5. The van der Waals surface area contributed by atoms with Crippen LogP contribution in [0.2, 0.25) is 0 Å². The number of nitrogens with zero attached hydrogens (tertiary/aromatic N) is 1. The van der Waals surface area contributed by atoms with Crippen LogP contribution in [0.25, 0.3) is 0 Å². The standard InChI is InChI=1S/C16H21FNO9P/c1-16(2,3)15(21)23-8-25-28(22)24-7-12-11(27-28)5-14(26-12)18-6-9(17)10(19)4-13(18)20/h6,11-12,14H,4-5,7-8H2,1-3H3/t11-,12+,14+,28?/m0/s1. The predicted molar refractivity (Wildman–Crippen MR) is 88.9 cm³/mol. The van der Waals surface area contributed by atoms with Gasteiger partial charge in [0.1, 0.15) is 18.4 Å². The molecule has 156 valence electrons. The van der Waals surface area contributed by atoms with Crippen LogP contribution in [0.1, 0.15) is 33.6 Å². The average molecular weight is 421 g/mol. The molecule has 0 radical (unpaired) electrons. The molecule has 3 heterocycles. The lowest BCUT2D eigenvalue weighted by Gasteiger charge is -2.30. The number of hydrogen-bond acceptors (Lipinski definition) is 9. The van der Waals surface area contributed by atoms with Crippen molar-refractivity contribution in [2.24, 2.45) is 5.41 Å². The quantitative estimate of drug-likeness (QED) is 0.290. The second-order valence-electron chi connectivity index (χ2n) is 7.56. The van der Waals surface area contributed by atoms with Gasteiger partial charge in [-0.2, -0.15) is 0 Å². The number of amides is 1. The molecular weight excluding hydrogens is 400 g/mol. The zero-order valence-electron chi connectivity index (χ0n) is 15.6. The monoisotopic (exact) mass is 421 g/mol. The molecule has 3 rings (SSSR count). The molecule has 0 aromatic rings. The van der Waals surface area contributed by atoms with Gasteiger partial charge in [-0.15, -0.1) is 0 Å². The summed E-state index contributed by atoms with van der Waals surface area (Å²) >= 11 is 0. The molecule has 4 atom stereocenters. The number of halogens is 1. The summed E-state index contributed by atoms with van der Waals surface area (Å²) in [6, 6.07) is 0.